The average Bonchev–Trinajstić information content (AvgIpc) is 2.48. The summed E-state index contributed by atoms with van der Waals surface area (Å²) in [4.78, 5) is 2.70. The predicted octanol–water partition coefficient (Wildman–Crippen LogP) is 3.10. The number of hydrogen-bond acceptors (Lipinski definition) is 2. The van der Waals surface area contributed by atoms with Crippen molar-refractivity contribution >= 4 is 0 Å². The lowest BCUT2D eigenvalue weighted by Gasteiger charge is -2.35. The highest BCUT2D eigenvalue weighted by Crippen LogP contribution is 2.23. The molecule has 1 N–H and O–H groups in total. The van der Waals surface area contributed by atoms with Crippen LogP contribution in [0.2, 0.25) is 0 Å². The van der Waals surface area contributed by atoms with Crippen molar-refractivity contribution in [3.63, 3.8) is 0 Å². The quantitative estimate of drug-likeness (QED) is 0.896. The van der Waals surface area contributed by atoms with Gasteiger partial charge in [0.2, 0.25) is 0 Å². The van der Waals surface area contributed by atoms with E-state index in [-0.39, 0.29) is 0 Å². The van der Waals surface area contributed by atoms with Crippen molar-refractivity contribution < 1.29 is 0 Å². The molecule has 1 saturated heterocycles. The summed E-state index contributed by atoms with van der Waals surface area (Å²) in [5.74, 6) is 0. The van der Waals surface area contributed by atoms with Crippen LogP contribution in [0.5, 0.6) is 0 Å². The Hall–Kier alpha value is -0.860. The van der Waals surface area contributed by atoms with Gasteiger partial charge in [0, 0.05) is 19.1 Å². The number of piperidine rings is 1. The molecule has 104 valence electrons. The van der Waals surface area contributed by atoms with Crippen LogP contribution in [-0.2, 0) is 19.5 Å². The zero-order valence-electron chi connectivity index (χ0n) is 12.1. The van der Waals surface area contributed by atoms with Gasteiger partial charge in [-0.25, -0.2) is 0 Å². The first-order valence-electron chi connectivity index (χ1n) is 7.92. The molecule has 0 aromatic heterocycles. The minimum absolute atomic E-state index is 0.808. The molecule has 0 radical (unpaired) electrons. The number of rotatable bonds is 3. The number of nitrogens with zero attached hydrogens (tertiary/aromatic N) is 1. The van der Waals surface area contributed by atoms with Crippen LogP contribution in [0, 0.1) is 0 Å². The molecule has 3 rings (SSSR count). The van der Waals surface area contributed by atoms with Gasteiger partial charge >= 0.3 is 0 Å². The second kappa shape index (κ2) is 6.06. The van der Waals surface area contributed by atoms with Crippen molar-refractivity contribution in [2.45, 2.75) is 58.2 Å². The monoisotopic (exact) mass is 258 g/mol. The molecule has 2 aliphatic rings. The number of benzene rings is 1. The van der Waals surface area contributed by atoms with Crippen LogP contribution in [-0.4, -0.2) is 24.0 Å². The van der Waals surface area contributed by atoms with Gasteiger partial charge in [-0.15, -0.1) is 0 Å². The summed E-state index contributed by atoms with van der Waals surface area (Å²) < 4.78 is 0. The lowest BCUT2D eigenvalue weighted by molar-refractivity contribution is 0.136. The van der Waals surface area contributed by atoms with Gasteiger partial charge in [0.25, 0.3) is 0 Å². The Morgan fingerprint density at radius 1 is 1.26 bits per heavy atom. The van der Waals surface area contributed by atoms with Crippen LogP contribution in [0.3, 0.4) is 0 Å². The van der Waals surface area contributed by atoms with Crippen LogP contribution >= 0.6 is 0 Å². The Morgan fingerprint density at radius 2 is 2.21 bits per heavy atom. The molecule has 1 aromatic rings. The maximum atomic E-state index is 3.48. The molecule has 1 atom stereocenters. The Balaban J connectivity index is 1.71. The van der Waals surface area contributed by atoms with Gasteiger partial charge < -0.3 is 5.32 Å². The van der Waals surface area contributed by atoms with Crippen molar-refractivity contribution in [1.29, 1.82) is 0 Å². The van der Waals surface area contributed by atoms with E-state index in [2.05, 4.69) is 35.3 Å². The minimum atomic E-state index is 0.808. The number of fused-ring (bicyclic) bond motifs is 1. The second-order valence-electron chi connectivity index (χ2n) is 6.06. The fourth-order valence-electron chi connectivity index (χ4n) is 3.60. The molecule has 0 aliphatic carbocycles. The fraction of sp³-hybridized carbons (Fsp3) is 0.647. The van der Waals surface area contributed by atoms with Gasteiger partial charge in [-0.3, -0.25) is 4.90 Å². The minimum Gasteiger partial charge on any atom is -0.312 e. The lowest BCUT2D eigenvalue weighted by atomic mass is 9.96. The Morgan fingerprint density at radius 3 is 3.11 bits per heavy atom. The molecule has 1 unspecified atom stereocenters. The summed E-state index contributed by atoms with van der Waals surface area (Å²) in [6.45, 7) is 6.95. The Kier molecular flexibility index (Phi) is 4.19. The van der Waals surface area contributed by atoms with E-state index in [0.29, 0.717) is 0 Å². The highest BCUT2D eigenvalue weighted by molar-refractivity contribution is 5.33. The van der Waals surface area contributed by atoms with E-state index in [1.165, 1.54) is 49.8 Å². The molecule has 0 spiro atoms. The smallest absolute Gasteiger partial charge is 0.0236 e. The highest BCUT2D eigenvalue weighted by atomic mass is 15.2. The molecule has 19 heavy (non-hydrogen) atoms. The topological polar surface area (TPSA) is 15.3 Å². The van der Waals surface area contributed by atoms with E-state index in [9.17, 15) is 0 Å². The van der Waals surface area contributed by atoms with Gasteiger partial charge in [0.1, 0.15) is 0 Å². The maximum absolute atomic E-state index is 3.48. The van der Waals surface area contributed by atoms with Gasteiger partial charge in [-0.05, 0) is 55.5 Å². The summed E-state index contributed by atoms with van der Waals surface area (Å²) in [5, 5.41) is 3.48. The molecule has 0 saturated carbocycles. The molecular formula is C17H26N2. The SMILES string of the molecule is CCC1CCCCN1Cc1ccc2c(c1)CNCC2. The standard InChI is InChI=1S/C17H26N2/c1-2-17-5-3-4-10-19(17)13-14-6-7-15-8-9-18-12-16(15)11-14/h6-7,11,17-18H,2-5,8-10,12-13H2,1H3. The average molecular weight is 258 g/mol. The molecule has 2 aliphatic heterocycles. The van der Waals surface area contributed by atoms with Crippen molar-refractivity contribution in [3.05, 3.63) is 34.9 Å². The van der Waals surface area contributed by atoms with Gasteiger partial charge in [-0.1, -0.05) is 31.5 Å². The first-order chi connectivity index (χ1) is 9.36. The molecule has 1 fully saturated rings. The van der Waals surface area contributed by atoms with E-state index in [1.807, 2.05) is 0 Å². The van der Waals surface area contributed by atoms with Crippen LogP contribution in [0.4, 0.5) is 0 Å². The van der Waals surface area contributed by atoms with Crippen LogP contribution in [0.25, 0.3) is 0 Å². The van der Waals surface area contributed by atoms with Gasteiger partial charge in [-0.2, -0.15) is 0 Å². The third kappa shape index (κ3) is 3.01. The van der Waals surface area contributed by atoms with Crippen molar-refractivity contribution in [2.24, 2.45) is 0 Å². The molecular weight excluding hydrogens is 232 g/mol. The van der Waals surface area contributed by atoms with Crippen LogP contribution < -0.4 is 5.32 Å². The van der Waals surface area contributed by atoms with E-state index in [0.717, 1.165) is 25.7 Å². The summed E-state index contributed by atoms with van der Waals surface area (Å²) in [6.07, 6.45) is 6.68. The Bertz CT molecular complexity index is 427. The molecule has 1 aromatic carbocycles. The second-order valence-corrected chi connectivity index (χ2v) is 6.06. The summed E-state index contributed by atoms with van der Waals surface area (Å²) >= 11 is 0. The highest BCUT2D eigenvalue weighted by Gasteiger charge is 2.21. The van der Waals surface area contributed by atoms with E-state index in [4.69, 9.17) is 0 Å². The molecule has 2 heteroatoms. The molecule has 0 bridgehead atoms. The molecule has 0 amide bonds. The van der Waals surface area contributed by atoms with Crippen molar-refractivity contribution in [2.75, 3.05) is 13.1 Å². The molecule has 2 nitrogen and oxygen atoms in total. The zero-order valence-corrected chi connectivity index (χ0v) is 12.1. The van der Waals surface area contributed by atoms with Gasteiger partial charge in [0.05, 0.1) is 0 Å². The first kappa shape index (κ1) is 13.1. The maximum Gasteiger partial charge on any atom is 0.0236 e. The summed E-state index contributed by atoms with van der Waals surface area (Å²) in [7, 11) is 0. The normalized spacial score (nSPS) is 24.2. The van der Waals surface area contributed by atoms with E-state index >= 15 is 0 Å². The predicted molar refractivity (Wildman–Crippen MR) is 80.2 cm³/mol. The third-order valence-corrected chi connectivity index (χ3v) is 4.76. The number of likely N-dealkylation sites (tertiary alicyclic amines) is 1. The fourth-order valence-corrected chi connectivity index (χ4v) is 3.60. The van der Waals surface area contributed by atoms with Crippen molar-refractivity contribution in [3.8, 4) is 0 Å². The van der Waals surface area contributed by atoms with E-state index in [1.54, 1.807) is 5.56 Å². The summed E-state index contributed by atoms with van der Waals surface area (Å²) in [6, 6.07) is 7.95. The Labute approximate surface area is 117 Å². The summed E-state index contributed by atoms with van der Waals surface area (Å²) in [5.41, 5.74) is 4.57. The van der Waals surface area contributed by atoms with Crippen LogP contribution in [0.15, 0.2) is 18.2 Å². The number of hydrogen-bond donors (Lipinski definition) is 1. The first-order valence-corrected chi connectivity index (χ1v) is 7.92. The third-order valence-electron chi connectivity index (χ3n) is 4.76. The van der Waals surface area contributed by atoms with E-state index < -0.39 is 0 Å². The van der Waals surface area contributed by atoms with Crippen molar-refractivity contribution in [1.82, 2.24) is 10.2 Å². The largest absolute Gasteiger partial charge is 0.312 e. The van der Waals surface area contributed by atoms with Gasteiger partial charge in [0.15, 0.2) is 0 Å². The van der Waals surface area contributed by atoms with Crippen LogP contribution in [0.1, 0.15) is 49.3 Å². The lowest BCUT2D eigenvalue weighted by Crippen LogP contribution is -2.38. The number of nitrogens with one attached hydrogen (secondary N) is 1. The zero-order chi connectivity index (χ0) is 13.1. The molecule has 2 heterocycles.